The minimum Gasteiger partial charge on any atom is -0.354 e. The van der Waals surface area contributed by atoms with E-state index in [0.29, 0.717) is 28.6 Å². The first-order valence-electron chi connectivity index (χ1n) is 12.3. The van der Waals surface area contributed by atoms with Crippen LogP contribution in [0.15, 0.2) is 47.4 Å². The molecule has 2 aromatic carbocycles. The molecule has 1 atom stereocenters. The lowest BCUT2D eigenvalue weighted by Crippen LogP contribution is -2.49. The molecule has 0 saturated carbocycles. The summed E-state index contributed by atoms with van der Waals surface area (Å²) in [5.41, 5.74) is 0.644. The van der Waals surface area contributed by atoms with Gasteiger partial charge >= 0.3 is 0 Å². The monoisotopic (exact) mass is 567 g/mol. The number of amides is 3. The van der Waals surface area contributed by atoms with Gasteiger partial charge in [0, 0.05) is 41.7 Å². The number of rotatable bonds is 12. The van der Waals surface area contributed by atoms with Gasteiger partial charge < -0.3 is 10.2 Å². The Hall–Kier alpha value is -2.62. The second-order valence-corrected chi connectivity index (χ2v) is 11.4. The first-order valence-corrected chi connectivity index (χ1v) is 14.5. The minimum absolute atomic E-state index is 0.0173. The maximum absolute atomic E-state index is 13.4. The van der Waals surface area contributed by atoms with Crippen molar-refractivity contribution in [3.05, 3.63) is 63.6 Å². The molecule has 1 aliphatic heterocycles. The fraction of sp³-hybridized carbons (Fsp3) is 0.423. The summed E-state index contributed by atoms with van der Waals surface area (Å²) in [7, 11) is -3.96. The highest BCUT2D eigenvalue weighted by Gasteiger charge is 2.40. The van der Waals surface area contributed by atoms with Crippen molar-refractivity contribution >= 4 is 50.9 Å². The van der Waals surface area contributed by atoms with Crippen LogP contribution < -0.4 is 5.32 Å². The van der Waals surface area contributed by atoms with E-state index in [-0.39, 0.29) is 48.2 Å². The Labute approximate surface area is 228 Å². The molecule has 8 nitrogen and oxygen atoms in total. The molecule has 11 heteroatoms. The van der Waals surface area contributed by atoms with Crippen LogP contribution in [0.25, 0.3) is 0 Å². The molecule has 37 heavy (non-hydrogen) atoms. The highest BCUT2D eigenvalue weighted by molar-refractivity contribution is 7.90. The zero-order chi connectivity index (χ0) is 27.2. The van der Waals surface area contributed by atoms with E-state index in [2.05, 4.69) is 5.32 Å². The summed E-state index contributed by atoms with van der Waals surface area (Å²) in [4.78, 5) is 40.5. The number of nitrogens with zero attached hydrogens (tertiary/aromatic N) is 2. The van der Waals surface area contributed by atoms with Crippen LogP contribution in [0.2, 0.25) is 10.0 Å². The first-order chi connectivity index (χ1) is 17.6. The van der Waals surface area contributed by atoms with Crippen LogP contribution in [0.3, 0.4) is 0 Å². The fourth-order valence-corrected chi connectivity index (χ4v) is 6.37. The lowest BCUT2D eigenvalue weighted by Gasteiger charge is -2.31. The van der Waals surface area contributed by atoms with Gasteiger partial charge in [-0.2, -0.15) is 0 Å². The predicted molar refractivity (Wildman–Crippen MR) is 143 cm³/mol. The van der Waals surface area contributed by atoms with E-state index in [4.69, 9.17) is 23.2 Å². The molecular weight excluding hydrogens is 537 g/mol. The second-order valence-electron chi connectivity index (χ2n) is 8.77. The number of nitrogens with one attached hydrogen (secondary N) is 1. The summed E-state index contributed by atoms with van der Waals surface area (Å²) < 4.78 is 26.4. The van der Waals surface area contributed by atoms with Crippen molar-refractivity contribution in [2.75, 3.05) is 13.1 Å². The third-order valence-corrected chi connectivity index (χ3v) is 8.82. The Bertz CT molecular complexity index is 1250. The van der Waals surface area contributed by atoms with Crippen LogP contribution in [0.1, 0.15) is 61.9 Å². The minimum atomic E-state index is -3.96. The molecule has 3 amide bonds. The van der Waals surface area contributed by atoms with Crippen LogP contribution in [-0.4, -0.2) is 54.5 Å². The summed E-state index contributed by atoms with van der Waals surface area (Å²) in [5, 5.41) is 3.63. The quantitative estimate of drug-likeness (QED) is 0.376. The van der Waals surface area contributed by atoms with Crippen molar-refractivity contribution in [1.82, 2.24) is 14.5 Å². The molecule has 1 heterocycles. The second kappa shape index (κ2) is 12.8. The van der Waals surface area contributed by atoms with E-state index < -0.39 is 22.0 Å². The summed E-state index contributed by atoms with van der Waals surface area (Å²) in [5.74, 6) is -1.25. The van der Waals surface area contributed by atoms with Gasteiger partial charge in [0.15, 0.2) is 0 Å². The molecule has 0 bridgehead atoms. The lowest BCUT2D eigenvalue weighted by molar-refractivity contribution is -0.141. The maximum Gasteiger partial charge on any atom is 0.269 e. The normalized spacial score (nSPS) is 14.8. The van der Waals surface area contributed by atoms with Gasteiger partial charge in [0.05, 0.1) is 5.56 Å². The molecular formula is C26H31Cl2N3O5S. The molecule has 0 aromatic heterocycles. The summed E-state index contributed by atoms with van der Waals surface area (Å²) in [6.07, 6.45) is 2.11. The van der Waals surface area contributed by atoms with Gasteiger partial charge in [0.25, 0.3) is 15.9 Å². The van der Waals surface area contributed by atoms with Gasteiger partial charge in [-0.15, -0.1) is 0 Å². The van der Waals surface area contributed by atoms with Gasteiger partial charge in [-0.25, -0.2) is 12.7 Å². The SMILES string of the molecule is CCCCNC(=O)[C@@H](CC)N(Cc1c(Cl)cccc1Cl)C(=O)CCCN1C(=O)c2ccccc2S1(=O)=O. The van der Waals surface area contributed by atoms with Gasteiger partial charge in [-0.05, 0) is 43.5 Å². The predicted octanol–water partition coefficient (Wildman–Crippen LogP) is 4.64. The van der Waals surface area contributed by atoms with E-state index in [9.17, 15) is 22.8 Å². The van der Waals surface area contributed by atoms with E-state index in [1.807, 2.05) is 13.8 Å². The third-order valence-electron chi connectivity index (χ3n) is 6.27. The van der Waals surface area contributed by atoms with Crippen molar-refractivity contribution in [3.63, 3.8) is 0 Å². The third kappa shape index (κ3) is 6.45. The van der Waals surface area contributed by atoms with Crippen molar-refractivity contribution in [2.45, 2.75) is 63.4 Å². The van der Waals surface area contributed by atoms with Crippen molar-refractivity contribution in [3.8, 4) is 0 Å². The molecule has 1 N–H and O–H groups in total. The standard InChI is InChI=1S/C26H31Cl2N3O5S/c1-3-5-15-29-25(33)22(4-2)30(17-19-20(27)11-8-12-21(19)28)24(32)14-9-16-31-26(34)18-10-6-7-13-23(18)37(31,35)36/h6-8,10-13,22H,3-5,9,14-17H2,1-2H3,(H,29,33)/t22-/m1/s1. The van der Waals surface area contributed by atoms with Crippen molar-refractivity contribution in [1.29, 1.82) is 0 Å². The summed E-state index contributed by atoms with van der Waals surface area (Å²) >= 11 is 12.7. The van der Waals surface area contributed by atoms with Gasteiger partial charge in [-0.1, -0.05) is 61.7 Å². The number of sulfonamides is 1. The van der Waals surface area contributed by atoms with Gasteiger partial charge in [-0.3, -0.25) is 14.4 Å². The Kier molecular flexibility index (Phi) is 9.98. The molecule has 0 spiro atoms. The molecule has 3 rings (SSSR count). The number of carbonyl (C=O) groups excluding carboxylic acids is 3. The molecule has 0 fully saturated rings. The zero-order valence-corrected chi connectivity index (χ0v) is 23.2. The number of benzene rings is 2. The number of hydrogen-bond donors (Lipinski definition) is 1. The smallest absolute Gasteiger partial charge is 0.269 e. The number of fused-ring (bicyclic) bond motifs is 1. The van der Waals surface area contributed by atoms with Crippen LogP contribution in [0.4, 0.5) is 0 Å². The van der Waals surface area contributed by atoms with E-state index in [1.54, 1.807) is 30.3 Å². The maximum atomic E-state index is 13.4. The molecule has 2 aromatic rings. The fourth-order valence-electron chi connectivity index (χ4n) is 4.25. The Morgan fingerprint density at radius 2 is 1.70 bits per heavy atom. The van der Waals surface area contributed by atoms with Gasteiger partial charge in [0.2, 0.25) is 11.8 Å². The van der Waals surface area contributed by atoms with Crippen LogP contribution in [0.5, 0.6) is 0 Å². The largest absolute Gasteiger partial charge is 0.354 e. The van der Waals surface area contributed by atoms with Crippen LogP contribution in [-0.2, 0) is 26.2 Å². The summed E-state index contributed by atoms with van der Waals surface area (Å²) in [6, 6.07) is 10.3. The van der Waals surface area contributed by atoms with E-state index in [0.717, 1.165) is 17.1 Å². The molecule has 0 aliphatic carbocycles. The molecule has 0 radical (unpaired) electrons. The van der Waals surface area contributed by atoms with E-state index >= 15 is 0 Å². The van der Waals surface area contributed by atoms with Crippen molar-refractivity contribution in [2.24, 2.45) is 0 Å². The zero-order valence-electron chi connectivity index (χ0n) is 20.9. The Balaban J connectivity index is 1.77. The van der Waals surface area contributed by atoms with Crippen molar-refractivity contribution < 1.29 is 22.8 Å². The average Bonchev–Trinajstić information content (AvgIpc) is 3.06. The number of halogens is 2. The average molecular weight is 569 g/mol. The highest BCUT2D eigenvalue weighted by atomic mass is 35.5. The Morgan fingerprint density at radius 1 is 1.03 bits per heavy atom. The van der Waals surface area contributed by atoms with Crippen LogP contribution in [0, 0.1) is 0 Å². The van der Waals surface area contributed by atoms with Crippen LogP contribution >= 0.6 is 23.2 Å². The Morgan fingerprint density at radius 3 is 2.32 bits per heavy atom. The highest BCUT2D eigenvalue weighted by Crippen LogP contribution is 2.31. The molecule has 0 saturated heterocycles. The number of carbonyl (C=O) groups is 3. The molecule has 200 valence electrons. The van der Waals surface area contributed by atoms with E-state index in [1.165, 1.54) is 17.0 Å². The lowest BCUT2D eigenvalue weighted by atomic mass is 10.1. The molecule has 1 aliphatic rings. The van der Waals surface area contributed by atoms with Gasteiger partial charge in [0.1, 0.15) is 10.9 Å². The summed E-state index contributed by atoms with van der Waals surface area (Å²) in [6.45, 7) is 4.19. The molecule has 0 unspecified atom stereocenters. The number of hydrogen-bond acceptors (Lipinski definition) is 5. The number of unbranched alkanes of at least 4 members (excludes halogenated alkanes) is 1. The first kappa shape index (κ1) is 28.9. The topological polar surface area (TPSA) is 104 Å².